The van der Waals surface area contributed by atoms with E-state index in [-0.39, 0.29) is 23.9 Å². The van der Waals surface area contributed by atoms with E-state index in [4.69, 9.17) is 0 Å². The summed E-state index contributed by atoms with van der Waals surface area (Å²) in [6, 6.07) is 8.99. The molecule has 1 aromatic carbocycles. The van der Waals surface area contributed by atoms with Crippen molar-refractivity contribution in [3.05, 3.63) is 53.0 Å². The number of anilines is 1. The summed E-state index contributed by atoms with van der Waals surface area (Å²) in [7, 11) is -3.33. The average Bonchev–Trinajstić information content (AvgIpc) is 3.24. The maximum absolute atomic E-state index is 12.5. The SMILES string of the molecule is Cc1nc(C(=O)NCCS(=O)(=O)Cc2ccccc2)nc(NCCC2CNNC2)c1C. The molecule has 1 amide bonds. The van der Waals surface area contributed by atoms with Gasteiger partial charge in [0.1, 0.15) is 5.82 Å². The lowest BCUT2D eigenvalue weighted by molar-refractivity contribution is 0.0945. The maximum atomic E-state index is 12.5. The standard InChI is InChI=1S/C21H30N6O3S/c1-15-16(2)26-20(27-19(15)22-9-8-18-12-24-25-13-18)21(28)23-10-11-31(29,30)14-17-6-4-3-5-7-17/h3-7,18,24-25H,8-14H2,1-2H3,(H,23,28)(H,22,26,27). The summed E-state index contributed by atoms with van der Waals surface area (Å²) in [6.07, 6.45) is 0.975. The summed E-state index contributed by atoms with van der Waals surface area (Å²) in [4.78, 5) is 21.1. The zero-order chi connectivity index (χ0) is 22.3. The molecule has 1 aromatic heterocycles. The summed E-state index contributed by atoms with van der Waals surface area (Å²) in [6.45, 7) is 6.36. The van der Waals surface area contributed by atoms with Crippen LogP contribution in [0.15, 0.2) is 30.3 Å². The molecular formula is C21H30N6O3S. The number of aryl methyl sites for hydroxylation is 1. The Hall–Kier alpha value is -2.56. The Morgan fingerprint density at radius 3 is 2.52 bits per heavy atom. The molecular weight excluding hydrogens is 416 g/mol. The minimum absolute atomic E-state index is 0.00866. The number of sulfone groups is 1. The summed E-state index contributed by atoms with van der Waals surface area (Å²) in [5.41, 5.74) is 8.55. The third-order valence-corrected chi connectivity index (χ3v) is 6.87. The third-order valence-electron chi connectivity index (χ3n) is 5.27. The lowest BCUT2D eigenvalue weighted by Gasteiger charge is -2.14. The first-order valence-electron chi connectivity index (χ1n) is 10.4. The van der Waals surface area contributed by atoms with E-state index in [9.17, 15) is 13.2 Å². The number of hydrazine groups is 1. The van der Waals surface area contributed by atoms with Gasteiger partial charge in [-0.2, -0.15) is 0 Å². The predicted molar refractivity (Wildman–Crippen MR) is 120 cm³/mol. The van der Waals surface area contributed by atoms with Crippen LogP contribution in [0.25, 0.3) is 0 Å². The fraction of sp³-hybridized carbons (Fsp3) is 0.476. The molecule has 0 aliphatic carbocycles. The van der Waals surface area contributed by atoms with E-state index in [1.807, 2.05) is 19.9 Å². The monoisotopic (exact) mass is 446 g/mol. The van der Waals surface area contributed by atoms with E-state index in [1.54, 1.807) is 24.3 Å². The molecule has 2 aromatic rings. The van der Waals surface area contributed by atoms with E-state index < -0.39 is 15.7 Å². The maximum Gasteiger partial charge on any atom is 0.289 e. The van der Waals surface area contributed by atoms with E-state index in [1.165, 1.54) is 0 Å². The number of hydrogen-bond donors (Lipinski definition) is 4. The van der Waals surface area contributed by atoms with Crippen molar-refractivity contribution in [2.24, 2.45) is 5.92 Å². The number of nitrogens with one attached hydrogen (secondary N) is 4. The quantitative estimate of drug-likeness (QED) is 0.425. The third kappa shape index (κ3) is 6.98. The van der Waals surface area contributed by atoms with Crippen molar-refractivity contribution in [3.63, 3.8) is 0 Å². The van der Waals surface area contributed by atoms with Gasteiger partial charge in [0.25, 0.3) is 5.91 Å². The lowest BCUT2D eigenvalue weighted by Crippen LogP contribution is -2.31. The summed E-state index contributed by atoms with van der Waals surface area (Å²) in [5.74, 6) is 0.543. The van der Waals surface area contributed by atoms with Gasteiger partial charge in [0.05, 0.1) is 11.5 Å². The van der Waals surface area contributed by atoms with Crippen molar-refractivity contribution in [1.82, 2.24) is 26.1 Å². The molecule has 4 N–H and O–H groups in total. The van der Waals surface area contributed by atoms with Crippen LogP contribution in [0.4, 0.5) is 5.82 Å². The first-order chi connectivity index (χ1) is 14.8. The second-order valence-corrected chi connectivity index (χ2v) is 9.97. The van der Waals surface area contributed by atoms with Crippen molar-refractivity contribution in [2.75, 3.05) is 37.2 Å². The Morgan fingerprint density at radius 2 is 1.81 bits per heavy atom. The molecule has 1 aliphatic rings. The molecule has 1 aliphatic heterocycles. The highest BCUT2D eigenvalue weighted by Crippen LogP contribution is 2.16. The van der Waals surface area contributed by atoms with Crippen LogP contribution in [0, 0.1) is 19.8 Å². The van der Waals surface area contributed by atoms with E-state index >= 15 is 0 Å². The Morgan fingerprint density at radius 1 is 1.10 bits per heavy atom. The van der Waals surface area contributed by atoms with Crippen LogP contribution < -0.4 is 21.5 Å². The molecule has 9 nitrogen and oxygen atoms in total. The number of aromatic nitrogens is 2. The van der Waals surface area contributed by atoms with Gasteiger partial charge in [-0.1, -0.05) is 30.3 Å². The minimum atomic E-state index is -3.33. The van der Waals surface area contributed by atoms with Gasteiger partial charge in [0.2, 0.25) is 5.82 Å². The predicted octanol–water partition coefficient (Wildman–Crippen LogP) is 0.964. The number of carbonyl (C=O) groups excluding carboxylic acids is 1. The van der Waals surface area contributed by atoms with Gasteiger partial charge in [-0.3, -0.25) is 15.6 Å². The first kappa shape index (κ1) is 23.1. The second-order valence-electron chi connectivity index (χ2n) is 7.78. The Labute approximate surface area is 183 Å². The van der Waals surface area contributed by atoms with Gasteiger partial charge in [-0.05, 0) is 31.7 Å². The molecule has 0 saturated carbocycles. The molecule has 0 spiro atoms. The summed E-state index contributed by atoms with van der Waals surface area (Å²) < 4.78 is 24.6. The number of nitrogens with zero attached hydrogens (tertiary/aromatic N) is 2. The van der Waals surface area contributed by atoms with Crippen molar-refractivity contribution >= 4 is 21.6 Å². The van der Waals surface area contributed by atoms with Crippen molar-refractivity contribution in [2.45, 2.75) is 26.0 Å². The molecule has 31 heavy (non-hydrogen) atoms. The van der Waals surface area contributed by atoms with Crippen LogP contribution in [0.1, 0.15) is 33.9 Å². The van der Waals surface area contributed by atoms with Crippen molar-refractivity contribution in [3.8, 4) is 0 Å². The Bertz CT molecular complexity index is 992. The molecule has 0 unspecified atom stereocenters. The van der Waals surface area contributed by atoms with Crippen LogP contribution in [-0.2, 0) is 15.6 Å². The van der Waals surface area contributed by atoms with Gasteiger partial charge in [-0.15, -0.1) is 0 Å². The Balaban J connectivity index is 1.53. The van der Waals surface area contributed by atoms with Gasteiger partial charge >= 0.3 is 0 Å². The largest absolute Gasteiger partial charge is 0.370 e. The highest BCUT2D eigenvalue weighted by molar-refractivity contribution is 7.90. The van der Waals surface area contributed by atoms with Gasteiger partial charge in [0, 0.05) is 37.4 Å². The molecule has 1 fully saturated rings. The highest BCUT2D eigenvalue weighted by atomic mass is 32.2. The van der Waals surface area contributed by atoms with E-state index in [0.29, 0.717) is 17.4 Å². The number of benzene rings is 1. The van der Waals surface area contributed by atoms with E-state index in [2.05, 4.69) is 31.5 Å². The smallest absolute Gasteiger partial charge is 0.289 e. The van der Waals surface area contributed by atoms with Crippen LogP contribution in [0.3, 0.4) is 0 Å². The average molecular weight is 447 g/mol. The highest BCUT2D eigenvalue weighted by Gasteiger charge is 2.18. The van der Waals surface area contributed by atoms with Crippen LogP contribution >= 0.6 is 0 Å². The number of carbonyl (C=O) groups is 1. The fourth-order valence-electron chi connectivity index (χ4n) is 3.31. The topological polar surface area (TPSA) is 125 Å². The number of rotatable bonds is 10. The van der Waals surface area contributed by atoms with Crippen LogP contribution in [-0.4, -0.2) is 56.2 Å². The fourth-order valence-corrected chi connectivity index (χ4v) is 4.56. The summed E-state index contributed by atoms with van der Waals surface area (Å²) >= 11 is 0. The minimum Gasteiger partial charge on any atom is -0.370 e. The normalized spacial score (nSPS) is 14.5. The van der Waals surface area contributed by atoms with Crippen LogP contribution in [0.5, 0.6) is 0 Å². The molecule has 168 valence electrons. The van der Waals surface area contributed by atoms with Crippen molar-refractivity contribution < 1.29 is 13.2 Å². The van der Waals surface area contributed by atoms with Crippen LogP contribution in [0.2, 0.25) is 0 Å². The second kappa shape index (κ2) is 10.7. The molecule has 2 heterocycles. The molecule has 1 saturated heterocycles. The number of hydrogen-bond acceptors (Lipinski definition) is 8. The Kier molecular flexibility index (Phi) is 7.94. The zero-order valence-corrected chi connectivity index (χ0v) is 18.8. The summed E-state index contributed by atoms with van der Waals surface area (Å²) in [5, 5.41) is 5.93. The van der Waals surface area contributed by atoms with Gasteiger partial charge < -0.3 is 10.6 Å². The molecule has 10 heteroatoms. The molecule has 0 bridgehead atoms. The van der Waals surface area contributed by atoms with Gasteiger partial charge in [0.15, 0.2) is 9.84 Å². The molecule has 0 radical (unpaired) electrons. The zero-order valence-electron chi connectivity index (χ0n) is 17.9. The number of amides is 1. The lowest BCUT2D eigenvalue weighted by atomic mass is 10.1. The molecule has 3 rings (SSSR count). The first-order valence-corrected chi connectivity index (χ1v) is 12.2. The van der Waals surface area contributed by atoms with E-state index in [0.717, 1.165) is 37.2 Å². The van der Waals surface area contributed by atoms with Gasteiger partial charge in [-0.25, -0.2) is 18.4 Å². The van der Waals surface area contributed by atoms with Crippen molar-refractivity contribution in [1.29, 1.82) is 0 Å². The molecule has 0 atom stereocenters.